The number of aliphatic hydroxyl groups excluding tert-OH is 1. The number of hydrogen-bond acceptors (Lipinski definition) is 3. The summed E-state index contributed by atoms with van der Waals surface area (Å²) in [6.45, 7) is 4.75. The van der Waals surface area contributed by atoms with Crippen molar-refractivity contribution in [3.63, 3.8) is 0 Å². The van der Waals surface area contributed by atoms with Crippen molar-refractivity contribution < 1.29 is 9.90 Å². The van der Waals surface area contributed by atoms with Crippen molar-refractivity contribution in [2.24, 2.45) is 11.7 Å². The molecule has 1 aromatic carbocycles. The normalized spacial score (nSPS) is 17.8. The lowest BCUT2D eigenvalue weighted by molar-refractivity contribution is -0.137. The molecule has 0 aromatic heterocycles. The Balaban J connectivity index is 0.00000242. The summed E-state index contributed by atoms with van der Waals surface area (Å²) in [6.07, 6.45) is 1.06. The van der Waals surface area contributed by atoms with Gasteiger partial charge < -0.3 is 15.7 Å². The van der Waals surface area contributed by atoms with Crippen molar-refractivity contribution in [1.82, 2.24) is 4.90 Å². The first-order valence-electron chi connectivity index (χ1n) is 7.31. The van der Waals surface area contributed by atoms with Gasteiger partial charge in [-0.2, -0.15) is 0 Å². The molecule has 1 heterocycles. The van der Waals surface area contributed by atoms with Gasteiger partial charge in [-0.25, -0.2) is 0 Å². The minimum Gasteiger partial charge on any atom is -0.388 e. The Morgan fingerprint density at radius 1 is 1.32 bits per heavy atom. The Bertz CT molecular complexity index is 492. The van der Waals surface area contributed by atoms with Crippen molar-refractivity contribution in [1.29, 1.82) is 0 Å². The highest BCUT2D eigenvalue weighted by Gasteiger charge is 2.33. The van der Waals surface area contributed by atoms with Crippen LogP contribution in [-0.2, 0) is 4.79 Å². The molecule has 0 saturated carbocycles. The second kappa shape index (κ2) is 7.64. The van der Waals surface area contributed by atoms with Gasteiger partial charge in [-0.05, 0) is 50.3 Å². The van der Waals surface area contributed by atoms with Gasteiger partial charge in [-0.1, -0.05) is 23.7 Å². The van der Waals surface area contributed by atoms with E-state index in [4.69, 9.17) is 17.3 Å². The van der Waals surface area contributed by atoms with Gasteiger partial charge in [0.1, 0.15) is 0 Å². The van der Waals surface area contributed by atoms with Crippen molar-refractivity contribution in [3.8, 4) is 0 Å². The number of benzene rings is 1. The van der Waals surface area contributed by atoms with Crippen LogP contribution < -0.4 is 5.73 Å². The van der Waals surface area contributed by atoms with Gasteiger partial charge in [0, 0.05) is 18.1 Å². The number of carbonyl (C=O) groups excluding carboxylic acids is 1. The molecular formula is C16H24Cl2N2O2. The van der Waals surface area contributed by atoms with E-state index in [9.17, 15) is 9.90 Å². The molecule has 1 aliphatic rings. The van der Waals surface area contributed by atoms with Crippen LogP contribution in [0.3, 0.4) is 0 Å². The summed E-state index contributed by atoms with van der Waals surface area (Å²) < 4.78 is 0. The molecule has 3 N–H and O–H groups in total. The van der Waals surface area contributed by atoms with E-state index in [-0.39, 0.29) is 24.2 Å². The molecule has 124 valence electrons. The highest BCUT2D eigenvalue weighted by molar-refractivity contribution is 6.30. The highest BCUT2D eigenvalue weighted by atomic mass is 35.5. The maximum absolute atomic E-state index is 12.1. The molecule has 1 fully saturated rings. The first-order valence-corrected chi connectivity index (χ1v) is 7.68. The average molecular weight is 347 g/mol. The molecule has 1 aliphatic heterocycles. The minimum absolute atomic E-state index is 0. The number of piperidine rings is 1. The fourth-order valence-corrected chi connectivity index (χ4v) is 2.88. The summed E-state index contributed by atoms with van der Waals surface area (Å²) in [5.74, 6) is 0.137. The quantitative estimate of drug-likeness (QED) is 0.884. The molecule has 1 unspecified atom stereocenters. The third kappa shape index (κ3) is 4.59. The van der Waals surface area contributed by atoms with Crippen LogP contribution in [0.2, 0.25) is 5.02 Å². The van der Waals surface area contributed by atoms with Crippen LogP contribution in [0, 0.1) is 5.92 Å². The van der Waals surface area contributed by atoms with Crippen molar-refractivity contribution in [2.75, 3.05) is 13.1 Å². The Hall–Kier alpha value is -0.810. The monoisotopic (exact) mass is 346 g/mol. The first-order chi connectivity index (χ1) is 9.79. The number of nitrogens with two attached hydrogens (primary N) is 1. The van der Waals surface area contributed by atoms with E-state index in [0.717, 1.165) is 18.4 Å². The second-order valence-electron chi connectivity index (χ2n) is 6.35. The summed E-state index contributed by atoms with van der Waals surface area (Å²) in [7, 11) is 0. The van der Waals surface area contributed by atoms with Crippen LogP contribution in [0.15, 0.2) is 24.3 Å². The average Bonchev–Trinajstić information content (AvgIpc) is 2.46. The Kier molecular flexibility index (Phi) is 6.68. The third-order valence-electron chi connectivity index (χ3n) is 4.04. The Morgan fingerprint density at radius 2 is 1.82 bits per heavy atom. The zero-order valence-corrected chi connectivity index (χ0v) is 14.5. The molecule has 1 amide bonds. The Labute approximate surface area is 143 Å². The molecular weight excluding hydrogens is 323 g/mol. The summed E-state index contributed by atoms with van der Waals surface area (Å²) in [6, 6.07) is 7.28. The molecule has 0 radical (unpaired) electrons. The number of nitrogens with zero attached hydrogens (tertiary/aromatic N) is 1. The third-order valence-corrected chi connectivity index (χ3v) is 4.29. The summed E-state index contributed by atoms with van der Waals surface area (Å²) >= 11 is 5.86. The smallest absolute Gasteiger partial charge is 0.242 e. The largest absolute Gasteiger partial charge is 0.388 e. The van der Waals surface area contributed by atoms with E-state index in [2.05, 4.69) is 0 Å². The molecule has 1 aromatic rings. The Morgan fingerprint density at radius 3 is 2.27 bits per heavy atom. The van der Waals surface area contributed by atoms with E-state index >= 15 is 0 Å². The maximum Gasteiger partial charge on any atom is 0.242 e. The minimum atomic E-state index is -0.832. The van der Waals surface area contributed by atoms with Crippen molar-refractivity contribution >= 4 is 29.9 Å². The maximum atomic E-state index is 12.1. The van der Waals surface area contributed by atoms with Gasteiger partial charge in [0.25, 0.3) is 0 Å². The van der Waals surface area contributed by atoms with E-state index in [1.165, 1.54) is 0 Å². The van der Waals surface area contributed by atoms with Crippen LogP contribution in [0.5, 0.6) is 0 Å². The molecule has 1 saturated heterocycles. The van der Waals surface area contributed by atoms with Gasteiger partial charge in [0.05, 0.1) is 11.6 Å². The van der Waals surface area contributed by atoms with Gasteiger partial charge in [0.15, 0.2) is 0 Å². The summed E-state index contributed by atoms with van der Waals surface area (Å²) in [5, 5.41) is 11.1. The highest BCUT2D eigenvalue weighted by Crippen LogP contribution is 2.31. The van der Waals surface area contributed by atoms with Crippen molar-refractivity contribution in [3.05, 3.63) is 34.9 Å². The number of hydrogen-bond donors (Lipinski definition) is 2. The zero-order chi connectivity index (χ0) is 15.6. The number of rotatable bonds is 3. The van der Waals surface area contributed by atoms with Gasteiger partial charge in [-0.3, -0.25) is 4.79 Å². The van der Waals surface area contributed by atoms with E-state index in [1.807, 2.05) is 12.1 Å². The van der Waals surface area contributed by atoms with E-state index in [1.54, 1.807) is 30.9 Å². The van der Waals surface area contributed by atoms with Crippen LogP contribution >= 0.6 is 24.0 Å². The SMILES string of the molecule is CC(C)(N)C(=O)N1CCC(C(O)c2ccc(Cl)cc2)CC1.Cl. The molecule has 0 aliphatic carbocycles. The topological polar surface area (TPSA) is 66.6 Å². The molecule has 4 nitrogen and oxygen atoms in total. The van der Waals surface area contributed by atoms with Crippen LogP contribution in [0.4, 0.5) is 0 Å². The lowest BCUT2D eigenvalue weighted by Gasteiger charge is -2.37. The van der Waals surface area contributed by atoms with Crippen LogP contribution in [0.1, 0.15) is 38.4 Å². The predicted molar refractivity (Wildman–Crippen MR) is 91.2 cm³/mol. The van der Waals surface area contributed by atoms with E-state index < -0.39 is 11.6 Å². The fraction of sp³-hybridized carbons (Fsp3) is 0.562. The summed E-state index contributed by atoms with van der Waals surface area (Å²) in [4.78, 5) is 13.9. The van der Waals surface area contributed by atoms with Gasteiger partial charge in [-0.15, -0.1) is 12.4 Å². The van der Waals surface area contributed by atoms with E-state index in [0.29, 0.717) is 18.1 Å². The van der Waals surface area contributed by atoms with Gasteiger partial charge >= 0.3 is 0 Å². The number of halogens is 2. The number of carbonyl (C=O) groups is 1. The first kappa shape index (κ1) is 19.2. The number of likely N-dealkylation sites (tertiary alicyclic amines) is 1. The standard InChI is InChI=1S/C16H23ClN2O2.ClH/c1-16(2,18)15(21)19-9-7-12(8-10-19)14(20)11-3-5-13(17)6-4-11;/h3-6,12,14,20H,7-10,18H2,1-2H3;1H. The van der Waals surface area contributed by atoms with Crippen molar-refractivity contribution in [2.45, 2.75) is 38.3 Å². The number of aliphatic hydroxyl groups is 1. The molecule has 1 atom stereocenters. The fourth-order valence-electron chi connectivity index (χ4n) is 2.76. The molecule has 22 heavy (non-hydrogen) atoms. The lowest BCUT2D eigenvalue weighted by atomic mass is 9.87. The molecule has 2 rings (SSSR count). The van der Waals surface area contributed by atoms with Gasteiger partial charge in [0.2, 0.25) is 5.91 Å². The second-order valence-corrected chi connectivity index (χ2v) is 6.78. The predicted octanol–water partition coefficient (Wildman–Crippen LogP) is 2.77. The summed E-state index contributed by atoms with van der Waals surface area (Å²) in [5.41, 5.74) is 5.90. The lowest BCUT2D eigenvalue weighted by Crippen LogP contribution is -2.53. The van der Waals surface area contributed by atoms with Crippen LogP contribution in [0.25, 0.3) is 0 Å². The molecule has 0 bridgehead atoms. The zero-order valence-electron chi connectivity index (χ0n) is 13.0. The number of amides is 1. The molecule has 6 heteroatoms. The van der Waals surface area contributed by atoms with Crippen LogP contribution in [-0.4, -0.2) is 34.5 Å². The molecule has 0 spiro atoms.